The predicted octanol–water partition coefficient (Wildman–Crippen LogP) is 1.49. The zero-order chi connectivity index (χ0) is 17.0. The molecule has 1 aromatic carbocycles. The lowest BCUT2D eigenvalue weighted by atomic mass is 9.99. The molecule has 1 fully saturated rings. The van der Waals surface area contributed by atoms with E-state index in [-0.39, 0.29) is 28.8 Å². The number of ether oxygens (including phenoxy) is 3. The van der Waals surface area contributed by atoms with Crippen LogP contribution in [-0.2, 0) is 10.0 Å². The lowest BCUT2D eigenvalue weighted by Gasteiger charge is -2.31. The Kier molecular flexibility index (Phi) is 7.59. The lowest BCUT2D eigenvalue weighted by molar-refractivity contribution is 0.276. The van der Waals surface area contributed by atoms with Crippen molar-refractivity contribution in [2.75, 3.05) is 41.0 Å². The number of hydrogen-bond acceptors (Lipinski definition) is 6. The average molecular weight is 381 g/mol. The lowest BCUT2D eigenvalue weighted by Crippen LogP contribution is -2.40. The topological polar surface area (TPSA) is 91.1 Å². The summed E-state index contributed by atoms with van der Waals surface area (Å²) in [6.07, 6.45) is 1.52. The second kappa shape index (κ2) is 8.75. The van der Waals surface area contributed by atoms with Crippen LogP contribution >= 0.6 is 12.4 Å². The van der Waals surface area contributed by atoms with Gasteiger partial charge in [0.15, 0.2) is 4.90 Å². The molecule has 0 saturated carbocycles. The maximum absolute atomic E-state index is 13.0. The molecule has 2 N–H and O–H groups in total. The van der Waals surface area contributed by atoms with Gasteiger partial charge in [-0.25, -0.2) is 8.42 Å². The van der Waals surface area contributed by atoms with Crippen LogP contribution in [0.25, 0.3) is 0 Å². The van der Waals surface area contributed by atoms with Crippen LogP contribution in [0.3, 0.4) is 0 Å². The normalized spacial score (nSPS) is 16.3. The molecule has 7 nitrogen and oxygen atoms in total. The van der Waals surface area contributed by atoms with Gasteiger partial charge in [-0.1, -0.05) is 0 Å². The molecule has 1 aromatic rings. The summed E-state index contributed by atoms with van der Waals surface area (Å²) < 4.78 is 43.2. The third-order valence-corrected chi connectivity index (χ3v) is 6.14. The van der Waals surface area contributed by atoms with Crippen molar-refractivity contribution in [3.05, 3.63) is 12.1 Å². The van der Waals surface area contributed by atoms with Gasteiger partial charge < -0.3 is 19.9 Å². The van der Waals surface area contributed by atoms with Crippen LogP contribution in [0.1, 0.15) is 12.8 Å². The van der Waals surface area contributed by atoms with Crippen molar-refractivity contribution in [3.8, 4) is 17.2 Å². The Morgan fingerprint density at radius 2 is 1.58 bits per heavy atom. The molecular weight excluding hydrogens is 356 g/mol. The molecule has 0 atom stereocenters. The highest BCUT2D eigenvalue weighted by atomic mass is 35.5. The van der Waals surface area contributed by atoms with Gasteiger partial charge in [0.2, 0.25) is 10.0 Å². The van der Waals surface area contributed by atoms with Gasteiger partial charge in [-0.3, -0.25) is 0 Å². The number of halogens is 1. The van der Waals surface area contributed by atoms with Crippen molar-refractivity contribution in [2.45, 2.75) is 17.7 Å². The maximum Gasteiger partial charge on any atom is 0.250 e. The molecule has 1 aliphatic rings. The van der Waals surface area contributed by atoms with E-state index in [9.17, 15) is 8.42 Å². The van der Waals surface area contributed by atoms with Gasteiger partial charge in [-0.05, 0) is 25.3 Å². The largest absolute Gasteiger partial charge is 0.496 e. The quantitative estimate of drug-likeness (QED) is 0.804. The number of nitrogens with two attached hydrogens (primary N) is 1. The van der Waals surface area contributed by atoms with E-state index in [2.05, 4.69) is 0 Å². The average Bonchev–Trinajstić information content (AvgIpc) is 2.60. The van der Waals surface area contributed by atoms with Crippen molar-refractivity contribution in [1.82, 2.24) is 4.31 Å². The van der Waals surface area contributed by atoms with Gasteiger partial charge in [0.25, 0.3) is 0 Å². The summed E-state index contributed by atoms with van der Waals surface area (Å²) in [6, 6.07) is 3.09. The van der Waals surface area contributed by atoms with E-state index >= 15 is 0 Å². The molecule has 1 saturated heterocycles. The molecule has 0 aromatic heterocycles. The van der Waals surface area contributed by atoms with Crippen LogP contribution in [0.2, 0.25) is 0 Å². The standard InChI is InChI=1S/C15H24N2O5S.ClH/c1-20-12-8-13(21-2)15(14(9-12)22-3)23(18,19)17-6-4-11(10-16)5-7-17;/h8-9,11H,4-7,10,16H2,1-3H3;1H. The molecule has 0 bridgehead atoms. The molecule has 1 aliphatic heterocycles. The number of hydrogen-bond donors (Lipinski definition) is 1. The summed E-state index contributed by atoms with van der Waals surface area (Å²) in [6.45, 7) is 1.48. The number of methoxy groups -OCH3 is 3. The van der Waals surface area contributed by atoms with E-state index in [1.807, 2.05) is 0 Å². The first kappa shape index (κ1) is 20.8. The van der Waals surface area contributed by atoms with Crippen molar-refractivity contribution >= 4 is 22.4 Å². The van der Waals surface area contributed by atoms with E-state index in [1.165, 1.54) is 25.6 Å². The molecule has 0 spiro atoms. The minimum absolute atomic E-state index is 0. The van der Waals surface area contributed by atoms with E-state index in [4.69, 9.17) is 19.9 Å². The summed E-state index contributed by atoms with van der Waals surface area (Å²) >= 11 is 0. The highest BCUT2D eigenvalue weighted by molar-refractivity contribution is 7.89. The molecular formula is C15H25ClN2O5S. The van der Waals surface area contributed by atoms with Gasteiger partial charge in [-0.2, -0.15) is 4.31 Å². The van der Waals surface area contributed by atoms with E-state index < -0.39 is 10.0 Å². The van der Waals surface area contributed by atoms with E-state index in [0.717, 1.165) is 12.8 Å². The number of benzene rings is 1. The van der Waals surface area contributed by atoms with E-state index in [1.54, 1.807) is 12.1 Å². The molecule has 0 radical (unpaired) electrons. The fraction of sp³-hybridized carbons (Fsp3) is 0.600. The number of nitrogens with zero attached hydrogens (tertiary/aromatic N) is 1. The molecule has 138 valence electrons. The van der Waals surface area contributed by atoms with Crippen LogP contribution in [0.5, 0.6) is 17.2 Å². The third-order valence-electron chi connectivity index (χ3n) is 4.17. The summed E-state index contributed by atoms with van der Waals surface area (Å²) in [4.78, 5) is 0.0366. The Morgan fingerprint density at radius 3 is 1.96 bits per heavy atom. The van der Waals surface area contributed by atoms with Crippen molar-refractivity contribution < 1.29 is 22.6 Å². The number of piperidine rings is 1. The van der Waals surface area contributed by atoms with Gasteiger partial charge in [0.05, 0.1) is 21.3 Å². The Morgan fingerprint density at radius 1 is 1.08 bits per heavy atom. The van der Waals surface area contributed by atoms with Gasteiger partial charge >= 0.3 is 0 Å². The minimum Gasteiger partial charge on any atom is -0.496 e. The fourth-order valence-electron chi connectivity index (χ4n) is 2.74. The van der Waals surface area contributed by atoms with E-state index in [0.29, 0.717) is 31.3 Å². The number of sulfonamides is 1. The molecule has 9 heteroatoms. The smallest absolute Gasteiger partial charge is 0.250 e. The second-order valence-corrected chi connectivity index (χ2v) is 7.32. The zero-order valence-corrected chi connectivity index (χ0v) is 15.8. The SMILES string of the molecule is COc1cc(OC)c(S(=O)(=O)N2CCC(CN)CC2)c(OC)c1.Cl. The first-order valence-electron chi connectivity index (χ1n) is 7.48. The monoisotopic (exact) mass is 380 g/mol. The second-order valence-electron chi connectivity index (χ2n) is 5.44. The molecule has 24 heavy (non-hydrogen) atoms. The van der Waals surface area contributed by atoms with Crippen molar-refractivity contribution in [1.29, 1.82) is 0 Å². The highest BCUT2D eigenvalue weighted by Gasteiger charge is 2.34. The Bertz CT molecular complexity index is 620. The van der Waals surface area contributed by atoms with Crippen LogP contribution in [0, 0.1) is 5.92 Å². The Labute approximate surface area is 149 Å². The van der Waals surface area contributed by atoms with Crippen LogP contribution in [-0.4, -0.2) is 53.7 Å². The first-order chi connectivity index (χ1) is 11.0. The predicted molar refractivity (Wildman–Crippen MR) is 93.9 cm³/mol. The van der Waals surface area contributed by atoms with Gasteiger partial charge in [0, 0.05) is 25.2 Å². The molecule has 2 rings (SSSR count). The molecule has 0 unspecified atom stereocenters. The van der Waals surface area contributed by atoms with Crippen LogP contribution in [0.4, 0.5) is 0 Å². The zero-order valence-electron chi connectivity index (χ0n) is 14.1. The minimum atomic E-state index is -3.72. The summed E-state index contributed by atoms with van der Waals surface area (Å²) in [7, 11) is 0.632. The summed E-state index contributed by atoms with van der Waals surface area (Å²) in [5.74, 6) is 1.27. The highest BCUT2D eigenvalue weighted by Crippen LogP contribution is 2.39. The summed E-state index contributed by atoms with van der Waals surface area (Å²) in [5.41, 5.74) is 5.67. The van der Waals surface area contributed by atoms with Crippen LogP contribution < -0.4 is 19.9 Å². The Hall–Kier alpha value is -1.22. The maximum atomic E-state index is 13.0. The molecule has 0 aliphatic carbocycles. The van der Waals surface area contributed by atoms with Crippen molar-refractivity contribution in [3.63, 3.8) is 0 Å². The third kappa shape index (κ3) is 4.05. The van der Waals surface area contributed by atoms with Crippen molar-refractivity contribution in [2.24, 2.45) is 11.7 Å². The Balaban J connectivity index is 0.00000288. The summed E-state index contributed by atoms with van der Waals surface area (Å²) in [5, 5.41) is 0. The number of rotatable bonds is 6. The molecule has 1 heterocycles. The molecule has 0 amide bonds. The van der Waals surface area contributed by atoms with Gasteiger partial charge in [-0.15, -0.1) is 12.4 Å². The van der Waals surface area contributed by atoms with Crippen LogP contribution in [0.15, 0.2) is 17.0 Å². The fourth-order valence-corrected chi connectivity index (χ4v) is 4.49. The van der Waals surface area contributed by atoms with Gasteiger partial charge in [0.1, 0.15) is 17.2 Å². The first-order valence-corrected chi connectivity index (χ1v) is 8.92.